The number of benzene rings is 1. The second kappa shape index (κ2) is 5.84. The maximum absolute atomic E-state index is 11.6. The van der Waals surface area contributed by atoms with E-state index in [9.17, 15) is 13.2 Å². The van der Waals surface area contributed by atoms with Crippen LogP contribution < -0.4 is 0 Å². The van der Waals surface area contributed by atoms with Gasteiger partial charge >= 0.3 is 0 Å². The van der Waals surface area contributed by atoms with Gasteiger partial charge in [0.1, 0.15) is 4.90 Å². The smallest absolute Gasteiger partial charge is 0.210 e. The van der Waals surface area contributed by atoms with E-state index in [0.29, 0.717) is 4.90 Å². The molecule has 0 N–H and O–H groups in total. The van der Waals surface area contributed by atoms with E-state index in [1.807, 2.05) is 6.92 Å². The summed E-state index contributed by atoms with van der Waals surface area (Å²) >= 11 is 1.43. The van der Waals surface area contributed by atoms with Gasteiger partial charge in [0.25, 0.3) is 16.1 Å². The molecule has 4 nitrogen and oxygen atoms in total. The van der Waals surface area contributed by atoms with Crippen LogP contribution in [0.2, 0.25) is 0 Å². The first-order chi connectivity index (χ1) is 7.61. The van der Waals surface area contributed by atoms with Gasteiger partial charge in [-0.2, -0.15) is 8.42 Å². The first-order valence-electron chi connectivity index (χ1n) is 4.68. The molecule has 0 radical (unpaired) electrons. The van der Waals surface area contributed by atoms with Gasteiger partial charge in [-0.1, -0.05) is 23.5 Å². The second-order valence-electron chi connectivity index (χ2n) is 2.95. The van der Waals surface area contributed by atoms with Crippen LogP contribution in [0.1, 0.15) is 13.3 Å². The second-order valence-corrected chi connectivity index (χ2v) is 5.66. The molecule has 1 aromatic carbocycles. The molecule has 0 bridgehead atoms. The molecular weight excluding hydrogens is 246 g/mol. The lowest BCUT2D eigenvalue weighted by atomic mass is 10.4. The number of thioether (sulfide) groups is 1. The summed E-state index contributed by atoms with van der Waals surface area (Å²) in [5.74, 6) is 0.817. The molecule has 0 atom stereocenters. The summed E-state index contributed by atoms with van der Waals surface area (Å²) in [7, 11) is -3.89. The summed E-state index contributed by atoms with van der Waals surface area (Å²) in [4.78, 5) is 10.7. The standard InChI is InChI=1S/C10H11NO3S2/c1-2-7-15-9-5-3-4-6-10(9)16(13,14)11-8-12/h3-6H,2,7H2,1H3. The van der Waals surface area contributed by atoms with E-state index in [-0.39, 0.29) is 4.90 Å². The summed E-state index contributed by atoms with van der Waals surface area (Å²) in [6.45, 7) is 2.01. The van der Waals surface area contributed by atoms with Gasteiger partial charge in [0, 0.05) is 4.90 Å². The highest BCUT2D eigenvalue weighted by Gasteiger charge is 2.16. The lowest BCUT2D eigenvalue weighted by Crippen LogP contribution is -1.98. The molecule has 0 fully saturated rings. The van der Waals surface area contributed by atoms with Crippen LogP contribution in [-0.4, -0.2) is 20.3 Å². The molecule has 0 aliphatic rings. The Morgan fingerprint density at radius 3 is 2.69 bits per heavy atom. The number of hydrogen-bond donors (Lipinski definition) is 0. The molecule has 0 spiro atoms. The normalized spacial score (nSPS) is 10.8. The van der Waals surface area contributed by atoms with E-state index in [1.165, 1.54) is 17.8 Å². The Morgan fingerprint density at radius 1 is 1.38 bits per heavy atom. The first kappa shape index (κ1) is 13.0. The molecule has 0 saturated carbocycles. The first-order valence-corrected chi connectivity index (χ1v) is 7.10. The maximum Gasteiger partial charge on any atom is 0.293 e. The third kappa shape index (κ3) is 3.20. The van der Waals surface area contributed by atoms with Crippen LogP contribution in [0.5, 0.6) is 0 Å². The Hall–Kier alpha value is -1.10. The zero-order valence-electron chi connectivity index (χ0n) is 8.71. The molecular formula is C10H11NO3S2. The van der Waals surface area contributed by atoms with Gasteiger partial charge < -0.3 is 0 Å². The lowest BCUT2D eigenvalue weighted by Gasteiger charge is -2.04. The van der Waals surface area contributed by atoms with Crippen molar-refractivity contribution in [2.45, 2.75) is 23.1 Å². The van der Waals surface area contributed by atoms with Crippen LogP contribution in [0.3, 0.4) is 0 Å². The van der Waals surface area contributed by atoms with E-state index < -0.39 is 10.0 Å². The van der Waals surface area contributed by atoms with E-state index in [4.69, 9.17) is 0 Å². The van der Waals surface area contributed by atoms with Crippen molar-refractivity contribution in [1.29, 1.82) is 0 Å². The fourth-order valence-corrected chi connectivity index (χ4v) is 3.16. The Balaban J connectivity index is 3.18. The Bertz CT molecular complexity index is 505. The Labute approximate surface area is 98.8 Å². The summed E-state index contributed by atoms with van der Waals surface area (Å²) < 4.78 is 26.0. The van der Waals surface area contributed by atoms with Gasteiger partial charge in [-0.25, -0.2) is 4.79 Å². The summed E-state index contributed by atoms with van der Waals surface area (Å²) in [6, 6.07) is 6.49. The molecule has 86 valence electrons. The molecule has 0 heterocycles. The van der Waals surface area contributed by atoms with Gasteiger partial charge in [-0.3, -0.25) is 0 Å². The average Bonchev–Trinajstić information content (AvgIpc) is 2.26. The van der Waals surface area contributed by atoms with E-state index in [0.717, 1.165) is 18.3 Å². The maximum atomic E-state index is 11.6. The van der Waals surface area contributed by atoms with Crippen molar-refractivity contribution in [1.82, 2.24) is 0 Å². The van der Waals surface area contributed by atoms with E-state index >= 15 is 0 Å². The van der Waals surface area contributed by atoms with Crippen molar-refractivity contribution in [3.63, 3.8) is 0 Å². The highest BCUT2D eigenvalue weighted by Crippen LogP contribution is 2.27. The monoisotopic (exact) mass is 257 g/mol. The minimum Gasteiger partial charge on any atom is -0.210 e. The van der Waals surface area contributed by atoms with Crippen LogP contribution in [0.15, 0.2) is 38.5 Å². The Morgan fingerprint density at radius 2 is 2.06 bits per heavy atom. The number of rotatable bonds is 5. The van der Waals surface area contributed by atoms with Crippen LogP contribution in [-0.2, 0) is 14.8 Å². The van der Waals surface area contributed by atoms with E-state index in [2.05, 4.69) is 4.40 Å². The third-order valence-electron chi connectivity index (χ3n) is 1.75. The molecule has 6 heteroatoms. The molecule has 0 unspecified atom stereocenters. The van der Waals surface area contributed by atoms with Gasteiger partial charge in [0.05, 0.1) is 0 Å². The molecule has 0 aliphatic heterocycles. The van der Waals surface area contributed by atoms with Gasteiger partial charge in [0.15, 0.2) is 0 Å². The minimum atomic E-state index is -3.89. The topological polar surface area (TPSA) is 63.6 Å². The van der Waals surface area contributed by atoms with Gasteiger partial charge in [0.2, 0.25) is 0 Å². The van der Waals surface area contributed by atoms with Crippen molar-refractivity contribution in [3.05, 3.63) is 24.3 Å². The molecule has 1 rings (SSSR count). The number of carbonyl (C=O) groups excluding carboxylic acids is 1. The fourth-order valence-electron chi connectivity index (χ4n) is 1.09. The number of isocyanates is 1. The van der Waals surface area contributed by atoms with E-state index in [1.54, 1.807) is 18.2 Å². The number of sulfonamides is 1. The van der Waals surface area contributed by atoms with Crippen molar-refractivity contribution in [3.8, 4) is 0 Å². The Kier molecular flexibility index (Phi) is 4.73. The zero-order chi connectivity index (χ0) is 12.0. The minimum absolute atomic E-state index is 0.0665. The predicted octanol–water partition coefficient (Wildman–Crippen LogP) is 2.21. The van der Waals surface area contributed by atoms with Crippen molar-refractivity contribution >= 4 is 27.9 Å². The molecule has 0 amide bonds. The summed E-state index contributed by atoms with van der Waals surface area (Å²) in [6.07, 6.45) is 2.01. The highest BCUT2D eigenvalue weighted by molar-refractivity contribution is 8.00. The van der Waals surface area contributed by atoms with Crippen LogP contribution >= 0.6 is 11.8 Å². The van der Waals surface area contributed by atoms with Crippen molar-refractivity contribution in [2.24, 2.45) is 4.40 Å². The quantitative estimate of drug-likeness (QED) is 0.461. The van der Waals surface area contributed by atoms with Crippen molar-refractivity contribution < 1.29 is 13.2 Å². The third-order valence-corrected chi connectivity index (χ3v) is 4.38. The van der Waals surface area contributed by atoms with Crippen LogP contribution in [0.4, 0.5) is 0 Å². The largest absolute Gasteiger partial charge is 0.293 e. The number of nitrogens with zero attached hydrogens (tertiary/aromatic N) is 1. The van der Waals surface area contributed by atoms with Gasteiger partial charge in [-0.05, 0) is 24.3 Å². The van der Waals surface area contributed by atoms with Crippen LogP contribution in [0.25, 0.3) is 0 Å². The zero-order valence-corrected chi connectivity index (χ0v) is 10.3. The SMILES string of the molecule is CCCSc1ccccc1S(=O)(=O)N=C=O. The molecule has 16 heavy (non-hydrogen) atoms. The summed E-state index contributed by atoms with van der Waals surface area (Å²) in [5, 5.41) is 0. The lowest BCUT2D eigenvalue weighted by molar-refractivity contribution is 0.563. The van der Waals surface area contributed by atoms with Gasteiger partial charge in [-0.15, -0.1) is 11.8 Å². The molecule has 0 saturated heterocycles. The summed E-state index contributed by atoms with van der Waals surface area (Å²) in [5.41, 5.74) is 0. The fraction of sp³-hybridized carbons (Fsp3) is 0.300. The number of hydrogen-bond acceptors (Lipinski definition) is 4. The van der Waals surface area contributed by atoms with Crippen LogP contribution in [0, 0.1) is 0 Å². The molecule has 1 aromatic rings. The molecule has 0 aliphatic carbocycles. The predicted molar refractivity (Wildman–Crippen MR) is 62.8 cm³/mol. The highest BCUT2D eigenvalue weighted by atomic mass is 32.2. The average molecular weight is 257 g/mol. The van der Waals surface area contributed by atoms with Crippen molar-refractivity contribution in [2.75, 3.05) is 5.75 Å². The molecule has 0 aromatic heterocycles.